The van der Waals surface area contributed by atoms with Crippen molar-refractivity contribution in [3.05, 3.63) is 24.4 Å². The first-order valence-electron chi connectivity index (χ1n) is 5.56. The summed E-state index contributed by atoms with van der Waals surface area (Å²) >= 11 is 0. The van der Waals surface area contributed by atoms with Crippen molar-refractivity contribution < 1.29 is 0 Å². The first-order chi connectivity index (χ1) is 8.84. The zero-order chi connectivity index (χ0) is 12.4. The van der Waals surface area contributed by atoms with Crippen LogP contribution >= 0.6 is 0 Å². The van der Waals surface area contributed by atoms with Gasteiger partial charge in [-0.3, -0.25) is 4.68 Å². The monoisotopic (exact) mass is 244 g/mol. The van der Waals surface area contributed by atoms with Crippen molar-refractivity contribution >= 4 is 16.9 Å². The third-order valence-corrected chi connectivity index (χ3v) is 2.67. The minimum absolute atomic E-state index is 0.730. The van der Waals surface area contributed by atoms with Crippen LogP contribution in [0.2, 0.25) is 0 Å². The number of aromatic amines is 1. The molecular formula is C10H12N8. The number of aryl methyl sites for hydroxylation is 1. The van der Waals surface area contributed by atoms with Crippen molar-refractivity contribution in [2.75, 3.05) is 11.9 Å². The van der Waals surface area contributed by atoms with Crippen LogP contribution in [0.4, 0.5) is 5.82 Å². The summed E-state index contributed by atoms with van der Waals surface area (Å²) in [5.74, 6) is 0.789. The fraction of sp³-hybridized carbons (Fsp3) is 0.300. The minimum Gasteiger partial charge on any atom is -0.369 e. The Balaban J connectivity index is 1.74. The molecule has 0 aliphatic rings. The van der Waals surface area contributed by atoms with E-state index in [1.807, 2.05) is 7.05 Å². The average molecular weight is 244 g/mol. The molecule has 8 nitrogen and oxygen atoms in total. The number of fused-ring (bicyclic) bond motifs is 1. The molecule has 3 aromatic rings. The van der Waals surface area contributed by atoms with E-state index >= 15 is 0 Å². The number of nitrogens with zero attached hydrogens (tertiary/aromatic N) is 6. The molecule has 0 saturated heterocycles. The molecule has 3 heterocycles. The summed E-state index contributed by atoms with van der Waals surface area (Å²) in [5, 5.41) is 18.7. The van der Waals surface area contributed by atoms with Gasteiger partial charge in [-0.25, -0.2) is 9.97 Å². The van der Waals surface area contributed by atoms with Gasteiger partial charge in [0.05, 0.1) is 23.5 Å². The SMILES string of the molecule is Cn1ncc2c(NCCc3cn[nH]n3)ncnc21. The van der Waals surface area contributed by atoms with Crippen LogP contribution in [0.15, 0.2) is 18.7 Å². The largest absolute Gasteiger partial charge is 0.369 e. The molecular weight excluding hydrogens is 232 g/mol. The first-order valence-corrected chi connectivity index (χ1v) is 5.56. The highest BCUT2D eigenvalue weighted by atomic mass is 15.3. The van der Waals surface area contributed by atoms with Crippen LogP contribution in [0.3, 0.4) is 0 Å². The van der Waals surface area contributed by atoms with E-state index in [1.54, 1.807) is 17.1 Å². The summed E-state index contributed by atoms with van der Waals surface area (Å²) in [4.78, 5) is 8.40. The summed E-state index contributed by atoms with van der Waals surface area (Å²) in [7, 11) is 1.86. The third kappa shape index (κ3) is 1.88. The fourth-order valence-corrected chi connectivity index (χ4v) is 1.76. The molecule has 0 amide bonds. The molecule has 2 N–H and O–H groups in total. The fourth-order valence-electron chi connectivity index (χ4n) is 1.76. The molecule has 0 spiro atoms. The molecule has 0 atom stereocenters. The molecule has 0 unspecified atom stereocenters. The second-order valence-corrected chi connectivity index (χ2v) is 3.87. The average Bonchev–Trinajstić information content (AvgIpc) is 3.01. The van der Waals surface area contributed by atoms with Crippen molar-refractivity contribution in [3.63, 3.8) is 0 Å². The van der Waals surface area contributed by atoms with E-state index in [0.717, 1.165) is 35.5 Å². The number of hydrogen-bond donors (Lipinski definition) is 2. The van der Waals surface area contributed by atoms with E-state index in [0.29, 0.717) is 0 Å². The van der Waals surface area contributed by atoms with Crippen molar-refractivity contribution in [1.82, 2.24) is 35.2 Å². The number of nitrogens with one attached hydrogen (secondary N) is 2. The highest BCUT2D eigenvalue weighted by Crippen LogP contribution is 2.17. The van der Waals surface area contributed by atoms with Gasteiger partial charge in [0.2, 0.25) is 0 Å². The van der Waals surface area contributed by atoms with Gasteiger partial charge in [0, 0.05) is 20.0 Å². The lowest BCUT2D eigenvalue weighted by atomic mass is 10.3. The smallest absolute Gasteiger partial charge is 0.163 e. The molecule has 0 bridgehead atoms. The van der Waals surface area contributed by atoms with Crippen molar-refractivity contribution in [2.24, 2.45) is 7.05 Å². The maximum atomic E-state index is 4.22. The zero-order valence-electron chi connectivity index (χ0n) is 9.83. The molecule has 0 aliphatic heterocycles. The highest BCUT2D eigenvalue weighted by molar-refractivity contribution is 5.85. The predicted molar refractivity (Wildman–Crippen MR) is 64.9 cm³/mol. The van der Waals surface area contributed by atoms with E-state index < -0.39 is 0 Å². The van der Waals surface area contributed by atoms with Gasteiger partial charge in [0.25, 0.3) is 0 Å². The van der Waals surface area contributed by atoms with Gasteiger partial charge >= 0.3 is 0 Å². The Morgan fingerprint density at radius 3 is 3.11 bits per heavy atom. The normalized spacial score (nSPS) is 10.9. The van der Waals surface area contributed by atoms with Crippen molar-refractivity contribution in [2.45, 2.75) is 6.42 Å². The second kappa shape index (κ2) is 4.40. The maximum Gasteiger partial charge on any atom is 0.163 e. The Bertz CT molecular complexity index is 641. The van der Waals surface area contributed by atoms with E-state index in [9.17, 15) is 0 Å². The lowest BCUT2D eigenvalue weighted by Gasteiger charge is -2.04. The topological polar surface area (TPSA) is 97.2 Å². The lowest BCUT2D eigenvalue weighted by Crippen LogP contribution is -2.07. The van der Waals surface area contributed by atoms with Crippen LogP contribution < -0.4 is 5.32 Å². The number of H-pyrrole nitrogens is 1. The maximum absolute atomic E-state index is 4.22. The lowest BCUT2D eigenvalue weighted by molar-refractivity contribution is 0.785. The van der Waals surface area contributed by atoms with Crippen molar-refractivity contribution in [1.29, 1.82) is 0 Å². The van der Waals surface area contributed by atoms with Gasteiger partial charge in [-0.15, -0.1) is 0 Å². The van der Waals surface area contributed by atoms with Gasteiger partial charge < -0.3 is 5.32 Å². The van der Waals surface area contributed by atoms with Crippen LogP contribution in [0.1, 0.15) is 5.69 Å². The number of anilines is 1. The second-order valence-electron chi connectivity index (χ2n) is 3.87. The molecule has 0 aliphatic carbocycles. The molecule has 0 fully saturated rings. The number of aromatic nitrogens is 7. The van der Waals surface area contributed by atoms with Crippen LogP contribution in [-0.2, 0) is 13.5 Å². The van der Waals surface area contributed by atoms with Crippen LogP contribution in [-0.4, -0.2) is 41.7 Å². The van der Waals surface area contributed by atoms with E-state index in [-0.39, 0.29) is 0 Å². The first kappa shape index (κ1) is 10.6. The van der Waals surface area contributed by atoms with Gasteiger partial charge in [-0.05, 0) is 0 Å². The predicted octanol–water partition coefficient (Wildman–Crippen LogP) is 0.136. The van der Waals surface area contributed by atoms with Gasteiger partial charge in [0.1, 0.15) is 12.1 Å². The van der Waals surface area contributed by atoms with Crippen LogP contribution in [0, 0.1) is 0 Å². The van der Waals surface area contributed by atoms with Gasteiger partial charge in [0.15, 0.2) is 5.65 Å². The molecule has 0 saturated carbocycles. The number of hydrogen-bond acceptors (Lipinski definition) is 6. The highest BCUT2D eigenvalue weighted by Gasteiger charge is 2.07. The zero-order valence-corrected chi connectivity index (χ0v) is 9.83. The summed E-state index contributed by atoms with van der Waals surface area (Å²) in [6.07, 6.45) is 5.78. The van der Waals surface area contributed by atoms with Gasteiger partial charge in [-0.2, -0.15) is 20.5 Å². The van der Waals surface area contributed by atoms with Crippen LogP contribution in [0.25, 0.3) is 11.0 Å². The Morgan fingerprint density at radius 2 is 2.28 bits per heavy atom. The molecule has 8 heteroatoms. The van der Waals surface area contributed by atoms with E-state index in [2.05, 4.69) is 35.8 Å². The summed E-state index contributed by atoms with van der Waals surface area (Å²) in [6.45, 7) is 0.730. The Kier molecular flexibility index (Phi) is 2.60. The Hall–Kier alpha value is -2.51. The van der Waals surface area contributed by atoms with E-state index in [1.165, 1.54) is 6.33 Å². The molecule has 3 rings (SSSR count). The Morgan fingerprint density at radius 1 is 1.33 bits per heavy atom. The van der Waals surface area contributed by atoms with Crippen molar-refractivity contribution in [3.8, 4) is 0 Å². The number of rotatable bonds is 4. The molecule has 3 aromatic heterocycles. The van der Waals surface area contributed by atoms with Gasteiger partial charge in [-0.1, -0.05) is 0 Å². The quantitative estimate of drug-likeness (QED) is 0.677. The molecule has 18 heavy (non-hydrogen) atoms. The standard InChI is InChI=1S/C10H12N8/c1-18-10-8(5-15-18)9(12-6-13-10)11-3-2-7-4-14-17-16-7/h4-6H,2-3H2,1H3,(H,11,12,13)(H,14,16,17). The summed E-state index contributed by atoms with van der Waals surface area (Å²) in [5.41, 5.74) is 1.73. The van der Waals surface area contributed by atoms with Crippen LogP contribution in [0.5, 0.6) is 0 Å². The third-order valence-electron chi connectivity index (χ3n) is 2.67. The summed E-state index contributed by atoms with van der Waals surface area (Å²) < 4.78 is 1.72. The molecule has 0 radical (unpaired) electrons. The van der Waals surface area contributed by atoms with E-state index in [4.69, 9.17) is 0 Å². The molecule has 92 valence electrons. The Labute approximate surface area is 102 Å². The summed E-state index contributed by atoms with van der Waals surface area (Å²) in [6, 6.07) is 0. The minimum atomic E-state index is 0.730. The molecule has 0 aromatic carbocycles.